The van der Waals surface area contributed by atoms with Crippen molar-refractivity contribution in [2.45, 2.75) is 13.1 Å². The molecule has 0 fully saturated rings. The van der Waals surface area contributed by atoms with Gasteiger partial charge in [-0.15, -0.1) is 0 Å². The van der Waals surface area contributed by atoms with Crippen LogP contribution < -0.4 is 0 Å². The van der Waals surface area contributed by atoms with Crippen LogP contribution in [0.1, 0.15) is 21.5 Å². The highest BCUT2D eigenvalue weighted by molar-refractivity contribution is 9.10. The first-order chi connectivity index (χ1) is 7.27. The van der Waals surface area contributed by atoms with Gasteiger partial charge < -0.3 is 4.74 Å². The van der Waals surface area contributed by atoms with Gasteiger partial charge in [-0.1, -0.05) is 15.9 Å². The Morgan fingerprint density at radius 2 is 1.94 bits per heavy atom. The van der Waals surface area contributed by atoms with Gasteiger partial charge in [0.1, 0.15) is 0 Å². The fraction of sp³-hybridized carbons (Fsp3) is 0.300. The van der Waals surface area contributed by atoms with Gasteiger partial charge in [-0.05, 0) is 24.6 Å². The number of aryl methyl sites for hydroxylation is 1. The molecule has 88 valence electrons. The lowest BCUT2D eigenvalue weighted by molar-refractivity contribution is -0.138. The molecule has 0 aliphatic heterocycles. The molecule has 0 aliphatic carbocycles. The van der Waals surface area contributed by atoms with Gasteiger partial charge in [-0.3, -0.25) is 0 Å². The summed E-state index contributed by atoms with van der Waals surface area (Å²) in [5, 5.41) is 0. The maximum atomic E-state index is 12.5. The van der Waals surface area contributed by atoms with Crippen molar-refractivity contribution >= 4 is 21.9 Å². The number of hydrogen-bond acceptors (Lipinski definition) is 2. The first-order valence-corrected chi connectivity index (χ1v) is 5.02. The Morgan fingerprint density at radius 1 is 1.38 bits per heavy atom. The Hall–Kier alpha value is -1.04. The van der Waals surface area contributed by atoms with E-state index in [1.807, 2.05) is 0 Å². The number of methoxy groups -OCH3 is 1. The quantitative estimate of drug-likeness (QED) is 0.741. The molecule has 0 heterocycles. The van der Waals surface area contributed by atoms with Gasteiger partial charge >= 0.3 is 12.1 Å². The van der Waals surface area contributed by atoms with E-state index in [2.05, 4.69) is 20.7 Å². The Morgan fingerprint density at radius 3 is 2.38 bits per heavy atom. The van der Waals surface area contributed by atoms with Crippen molar-refractivity contribution < 1.29 is 22.7 Å². The molecule has 16 heavy (non-hydrogen) atoms. The first kappa shape index (κ1) is 13.0. The second-order valence-electron chi connectivity index (χ2n) is 3.14. The molecule has 6 heteroatoms. The van der Waals surface area contributed by atoms with E-state index in [1.54, 1.807) is 0 Å². The highest BCUT2D eigenvalue weighted by Crippen LogP contribution is 2.36. The maximum Gasteiger partial charge on any atom is 0.417 e. The van der Waals surface area contributed by atoms with Crippen LogP contribution >= 0.6 is 15.9 Å². The van der Waals surface area contributed by atoms with Crippen LogP contribution in [0.2, 0.25) is 0 Å². The van der Waals surface area contributed by atoms with E-state index < -0.39 is 17.7 Å². The van der Waals surface area contributed by atoms with E-state index in [1.165, 1.54) is 14.0 Å². The fourth-order valence-electron chi connectivity index (χ4n) is 1.23. The number of carbonyl (C=O) groups is 1. The average Bonchev–Trinajstić information content (AvgIpc) is 2.18. The van der Waals surface area contributed by atoms with Crippen molar-refractivity contribution in [1.82, 2.24) is 0 Å². The molecule has 0 aromatic heterocycles. The molecule has 0 radical (unpaired) electrons. The van der Waals surface area contributed by atoms with Crippen molar-refractivity contribution in [3.05, 3.63) is 33.3 Å². The zero-order valence-electron chi connectivity index (χ0n) is 8.48. The summed E-state index contributed by atoms with van der Waals surface area (Å²) < 4.78 is 41.8. The summed E-state index contributed by atoms with van der Waals surface area (Å²) in [4.78, 5) is 11.2. The largest absolute Gasteiger partial charge is 0.465 e. The number of alkyl halides is 3. The summed E-state index contributed by atoms with van der Waals surface area (Å²) in [6, 6.07) is 2.03. The van der Waals surface area contributed by atoms with E-state index in [0.717, 1.165) is 12.1 Å². The SMILES string of the molecule is COC(=O)c1cc(Br)c(C(F)(F)F)cc1C. The van der Waals surface area contributed by atoms with Gasteiger partial charge in [0, 0.05) is 4.47 Å². The van der Waals surface area contributed by atoms with Crippen LogP contribution in [0.3, 0.4) is 0 Å². The minimum absolute atomic E-state index is 0.113. The third kappa shape index (κ3) is 2.55. The summed E-state index contributed by atoms with van der Waals surface area (Å²) in [6.45, 7) is 1.42. The van der Waals surface area contributed by atoms with Crippen LogP contribution in [0.5, 0.6) is 0 Å². The van der Waals surface area contributed by atoms with E-state index in [9.17, 15) is 18.0 Å². The molecular formula is C10H8BrF3O2. The van der Waals surface area contributed by atoms with Crippen molar-refractivity contribution in [1.29, 1.82) is 0 Å². The lowest BCUT2D eigenvalue weighted by atomic mass is 10.0. The molecule has 1 aromatic rings. The number of esters is 1. The minimum atomic E-state index is -4.45. The molecular weight excluding hydrogens is 289 g/mol. The molecule has 0 amide bonds. The smallest absolute Gasteiger partial charge is 0.417 e. The molecule has 2 nitrogen and oxygen atoms in total. The Balaban J connectivity index is 3.33. The molecule has 0 aliphatic rings. The first-order valence-electron chi connectivity index (χ1n) is 4.23. The summed E-state index contributed by atoms with van der Waals surface area (Å²) in [7, 11) is 1.17. The highest BCUT2D eigenvalue weighted by atomic mass is 79.9. The summed E-state index contributed by atoms with van der Waals surface area (Å²) in [5.41, 5.74) is -0.470. The number of carbonyl (C=O) groups excluding carboxylic acids is 1. The molecule has 0 saturated heterocycles. The van der Waals surface area contributed by atoms with Crippen LogP contribution in [-0.4, -0.2) is 13.1 Å². The zero-order valence-corrected chi connectivity index (χ0v) is 10.1. The fourth-order valence-corrected chi connectivity index (χ4v) is 1.80. The van der Waals surface area contributed by atoms with Gasteiger partial charge in [-0.2, -0.15) is 13.2 Å². The van der Waals surface area contributed by atoms with Gasteiger partial charge in [0.2, 0.25) is 0 Å². The molecule has 0 N–H and O–H groups in total. The minimum Gasteiger partial charge on any atom is -0.465 e. The molecule has 1 rings (SSSR count). The van der Waals surface area contributed by atoms with Crippen LogP contribution in [-0.2, 0) is 10.9 Å². The lowest BCUT2D eigenvalue weighted by Crippen LogP contribution is -2.10. The molecule has 0 saturated carbocycles. The molecule has 0 spiro atoms. The summed E-state index contributed by atoms with van der Waals surface area (Å²) >= 11 is 2.79. The normalized spacial score (nSPS) is 11.4. The standard InChI is InChI=1S/C10H8BrF3O2/c1-5-3-7(10(12,13)14)8(11)4-6(5)9(15)16-2/h3-4H,1-2H3. The second-order valence-corrected chi connectivity index (χ2v) is 3.99. The van der Waals surface area contributed by atoms with E-state index in [-0.39, 0.29) is 15.6 Å². The predicted octanol–water partition coefficient (Wildman–Crippen LogP) is 3.56. The number of hydrogen-bond donors (Lipinski definition) is 0. The third-order valence-electron chi connectivity index (χ3n) is 2.02. The van der Waals surface area contributed by atoms with Crippen molar-refractivity contribution in [2.24, 2.45) is 0 Å². The molecule has 1 aromatic carbocycles. The van der Waals surface area contributed by atoms with Crippen LogP contribution in [0.25, 0.3) is 0 Å². The van der Waals surface area contributed by atoms with E-state index >= 15 is 0 Å². The van der Waals surface area contributed by atoms with Gasteiger partial charge in [0.25, 0.3) is 0 Å². The monoisotopic (exact) mass is 296 g/mol. The number of benzene rings is 1. The number of halogens is 4. The highest BCUT2D eigenvalue weighted by Gasteiger charge is 2.33. The van der Waals surface area contributed by atoms with Crippen molar-refractivity contribution in [3.8, 4) is 0 Å². The third-order valence-corrected chi connectivity index (χ3v) is 2.68. The molecule has 0 bridgehead atoms. The van der Waals surface area contributed by atoms with Crippen molar-refractivity contribution in [2.75, 3.05) is 7.11 Å². The van der Waals surface area contributed by atoms with Gasteiger partial charge in [-0.25, -0.2) is 4.79 Å². The van der Waals surface area contributed by atoms with E-state index in [0.29, 0.717) is 0 Å². The Labute approximate surface area is 98.5 Å². The lowest BCUT2D eigenvalue weighted by Gasteiger charge is -2.12. The summed E-state index contributed by atoms with van der Waals surface area (Å²) in [5.74, 6) is -0.660. The molecule has 0 unspecified atom stereocenters. The molecule has 0 atom stereocenters. The summed E-state index contributed by atoms with van der Waals surface area (Å²) in [6.07, 6.45) is -4.45. The zero-order chi connectivity index (χ0) is 12.5. The van der Waals surface area contributed by atoms with E-state index in [4.69, 9.17) is 0 Å². The Kier molecular flexibility index (Phi) is 3.62. The number of rotatable bonds is 1. The van der Waals surface area contributed by atoms with Gasteiger partial charge in [0.15, 0.2) is 0 Å². The maximum absolute atomic E-state index is 12.5. The van der Waals surface area contributed by atoms with Crippen LogP contribution in [0, 0.1) is 6.92 Å². The Bertz CT molecular complexity index is 427. The predicted molar refractivity (Wildman–Crippen MR) is 55.2 cm³/mol. The average molecular weight is 297 g/mol. The number of ether oxygens (including phenoxy) is 1. The van der Waals surface area contributed by atoms with Crippen LogP contribution in [0.4, 0.5) is 13.2 Å². The van der Waals surface area contributed by atoms with Crippen molar-refractivity contribution in [3.63, 3.8) is 0 Å². The topological polar surface area (TPSA) is 26.3 Å². The second kappa shape index (κ2) is 4.45. The van der Waals surface area contributed by atoms with Gasteiger partial charge in [0.05, 0.1) is 18.2 Å². The van der Waals surface area contributed by atoms with Crippen LogP contribution in [0.15, 0.2) is 16.6 Å².